The third kappa shape index (κ3) is 9.30. The monoisotopic (exact) mass is 1560 g/mol. The summed E-state index contributed by atoms with van der Waals surface area (Å²) in [6.45, 7) is 43.5. The molecule has 0 nitrogen and oxygen atoms in total. The first kappa shape index (κ1) is 69.3. The minimum atomic E-state index is -5.50. The van der Waals surface area contributed by atoms with Crippen molar-refractivity contribution in [1.29, 1.82) is 0 Å². The Morgan fingerprint density at radius 2 is 0.536 bits per heavy atom. The second kappa shape index (κ2) is 24.2. The molecule has 2 heterocycles. The van der Waals surface area contributed by atoms with E-state index in [0.29, 0.717) is 0 Å². The average molecular weight is 1560 g/mol. The molecule has 500 valence electrons. The number of benzene rings is 4. The van der Waals surface area contributed by atoms with E-state index in [-0.39, 0.29) is 56.5 Å². The molecule has 0 N–H and O–H groups in total. The van der Waals surface area contributed by atoms with Gasteiger partial charge in [0.05, 0.1) is 0 Å². The molecular weight excluding hydrogens is 1460 g/mol. The van der Waals surface area contributed by atoms with Crippen LogP contribution in [0.5, 0.6) is 0 Å². The molecule has 14 rings (SSSR count). The van der Waals surface area contributed by atoms with E-state index >= 15 is 0 Å². The predicted octanol–water partition coefficient (Wildman–Crippen LogP) is 26.7. The number of halogens is 4. The van der Waals surface area contributed by atoms with Crippen molar-refractivity contribution in [2.75, 3.05) is 0 Å². The first-order valence-corrected chi connectivity index (χ1v) is 49.7. The molecule has 97 heavy (non-hydrogen) atoms. The van der Waals surface area contributed by atoms with Crippen LogP contribution in [0.2, 0.25) is 44.4 Å². The van der Waals surface area contributed by atoms with Crippen molar-refractivity contribution in [1.82, 2.24) is 0 Å². The van der Waals surface area contributed by atoms with Gasteiger partial charge in [-0.2, -0.15) is 0 Å². The SMILES string of the molecule is CCC1=CC2=C(C=CC=CC2c2ccc(C(C)(C)C)c(Cl)c2)[C]12[SiH](C)[C]1(C(CC)=CC3=C1C=CC=CC3c1ccc(C(C)(C)C)c(Cl)c1)[Hf]21[C]2(C(CC)=CC3=C2C=CC=CC3c2ccc(C(C)(C)C)c(Cl)c2)[SiH](C)[C]12C(CC)=CC1=C2C=CC=CC1c1ccc(C(C)(C)C)c(Cl)c1. The maximum absolute atomic E-state index is 7.60. The van der Waals surface area contributed by atoms with E-state index in [0.717, 1.165) is 45.8 Å². The van der Waals surface area contributed by atoms with Gasteiger partial charge in [0, 0.05) is 0 Å². The Bertz CT molecular complexity index is 4030. The zero-order chi connectivity index (χ0) is 69.3. The predicted molar refractivity (Wildman–Crippen MR) is 423 cm³/mol. The molecular formula is C90H100Cl4HfSi2. The molecule has 2 fully saturated rings. The summed E-state index contributed by atoms with van der Waals surface area (Å²) in [5.74, 6) is 0.0276. The molecule has 4 aromatic rings. The number of rotatable bonds is 8. The quantitative estimate of drug-likeness (QED) is 0.154. The van der Waals surface area contributed by atoms with Gasteiger partial charge in [0.25, 0.3) is 0 Å². The summed E-state index contributed by atoms with van der Waals surface area (Å²) in [5, 5.41) is 3.41. The number of fused-ring (bicyclic) bond motifs is 8. The molecule has 0 amide bonds. The maximum atomic E-state index is 7.60. The molecule has 0 bridgehead atoms. The van der Waals surface area contributed by atoms with Crippen LogP contribution in [0.15, 0.2) is 261 Å². The summed E-state index contributed by atoms with van der Waals surface area (Å²) >= 11 is 24.9. The van der Waals surface area contributed by atoms with Crippen LogP contribution in [0.4, 0.5) is 0 Å². The molecule has 0 aromatic heterocycles. The van der Waals surface area contributed by atoms with Crippen LogP contribution in [-0.2, 0) is 41.6 Å². The average Bonchev–Trinajstić information content (AvgIpc) is 1.52. The molecule has 2 aliphatic heterocycles. The Hall–Kier alpha value is -4.82. The van der Waals surface area contributed by atoms with Crippen LogP contribution in [0.1, 0.15) is 205 Å². The number of hydrogen-bond donors (Lipinski definition) is 0. The summed E-state index contributed by atoms with van der Waals surface area (Å²) in [5.41, 5.74) is 28.9. The normalized spacial score (nSPS) is 30.7. The van der Waals surface area contributed by atoms with Crippen molar-refractivity contribution in [3.8, 4) is 0 Å². The van der Waals surface area contributed by atoms with Gasteiger partial charge in [0.1, 0.15) is 0 Å². The van der Waals surface area contributed by atoms with Crippen LogP contribution in [-0.4, -0.2) is 17.6 Å². The molecule has 0 saturated carbocycles. The molecule has 7 heteroatoms. The third-order valence-corrected chi connectivity index (χ3v) is 93.0. The fourth-order valence-electron chi connectivity index (χ4n) is 22.3. The van der Waals surface area contributed by atoms with Gasteiger partial charge in [-0.25, -0.2) is 0 Å². The molecule has 8 aliphatic carbocycles. The van der Waals surface area contributed by atoms with Crippen LogP contribution in [0, 0.1) is 0 Å². The van der Waals surface area contributed by atoms with Crippen molar-refractivity contribution in [2.24, 2.45) is 0 Å². The van der Waals surface area contributed by atoms with Gasteiger partial charge >= 0.3 is 616 Å². The molecule has 2 saturated heterocycles. The number of allylic oxidation sites excluding steroid dienone is 32. The van der Waals surface area contributed by atoms with Gasteiger partial charge in [-0.15, -0.1) is 0 Å². The van der Waals surface area contributed by atoms with E-state index in [1.54, 1.807) is 44.6 Å². The van der Waals surface area contributed by atoms with E-state index in [9.17, 15) is 0 Å². The standard InChI is InChI=1S/2C45H50Cl2Si.Hf/c2*1-10-28-24-36-32(30-20-22-38(40(46)26-30)44(3,4)5)16-12-14-18-34(36)42(28)48(9)43-29(11-2)25-37-33(17-13-15-19-35(37)43)31-21-23-39(41(47)27-31)45(6,7)8;/h2*12-27,32-33,48H,10-11H2,1-9H3;. The Kier molecular flexibility index (Phi) is 17.3. The fraction of sp³-hybridized carbons (Fsp3) is 0.378. The zero-order valence-corrected chi connectivity index (χ0v) is 69.7. The van der Waals surface area contributed by atoms with Crippen LogP contribution in [0.25, 0.3) is 0 Å². The van der Waals surface area contributed by atoms with Crippen molar-refractivity contribution < 1.29 is 20.0 Å². The Labute approximate surface area is 610 Å². The van der Waals surface area contributed by atoms with E-state index < -0.39 is 37.6 Å². The summed E-state index contributed by atoms with van der Waals surface area (Å²) in [4.78, 5) is 0. The fourth-order valence-corrected chi connectivity index (χ4v) is 126. The van der Waals surface area contributed by atoms with Gasteiger partial charge < -0.3 is 0 Å². The Morgan fingerprint density at radius 1 is 0.330 bits per heavy atom. The Balaban J connectivity index is 1.17. The van der Waals surface area contributed by atoms with Crippen LogP contribution in [0.3, 0.4) is 0 Å². The van der Waals surface area contributed by atoms with Crippen molar-refractivity contribution in [3.05, 3.63) is 326 Å². The van der Waals surface area contributed by atoms with Gasteiger partial charge in [0.2, 0.25) is 0 Å². The summed E-state index contributed by atoms with van der Waals surface area (Å²) in [7, 11) is -4.59. The number of hydrogen-bond acceptors (Lipinski definition) is 0. The molecule has 4 aromatic carbocycles. The van der Waals surface area contributed by atoms with E-state index in [1.165, 1.54) is 66.8 Å². The molecule has 5 spiro atoms. The second-order valence-electron chi connectivity index (χ2n) is 33.8. The Morgan fingerprint density at radius 3 is 0.711 bits per heavy atom. The topological polar surface area (TPSA) is 0 Å². The first-order chi connectivity index (χ1) is 45.9. The van der Waals surface area contributed by atoms with Gasteiger partial charge in [0.15, 0.2) is 0 Å². The summed E-state index contributed by atoms with van der Waals surface area (Å²) in [6.07, 6.45) is 55.9. The van der Waals surface area contributed by atoms with E-state index in [2.05, 4.69) is 318 Å². The van der Waals surface area contributed by atoms with Crippen molar-refractivity contribution in [2.45, 2.75) is 206 Å². The van der Waals surface area contributed by atoms with Crippen molar-refractivity contribution >= 4 is 64.0 Å². The molecule has 8 atom stereocenters. The second-order valence-corrected chi connectivity index (χ2v) is 66.8. The van der Waals surface area contributed by atoms with Gasteiger partial charge in [-0.1, -0.05) is 0 Å². The van der Waals surface area contributed by atoms with E-state index in [1.807, 2.05) is 0 Å². The minimum absolute atomic E-state index is 0.00689. The third-order valence-electron chi connectivity index (χ3n) is 25.5. The van der Waals surface area contributed by atoms with Gasteiger partial charge in [-0.3, -0.25) is 0 Å². The van der Waals surface area contributed by atoms with E-state index in [4.69, 9.17) is 46.4 Å². The van der Waals surface area contributed by atoms with Gasteiger partial charge in [-0.05, 0) is 0 Å². The summed E-state index contributed by atoms with van der Waals surface area (Å²) in [6, 6.07) is 28.4. The molecule has 8 unspecified atom stereocenters. The summed E-state index contributed by atoms with van der Waals surface area (Å²) < 4.78 is -0.727. The van der Waals surface area contributed by atoms with Crippen LogP contribution < -0.4 is 0 Å². The zero-order valence-electron chi connectivity index (χ0n) is 60.8. The molecule has 10 aliphatic rings. The molecule has 0 radical (unpaired) electrons. The first-order valence-electron chi connectivity index (χ1n) is 36.4. The van der Waals surface area contributed by atoms with Crippen LogP contribution >= 0.6 is 46.4 Å². The van der Waals surface area contributed by atoms with Crippen molar-refractivity contribution in [3.63, 3.8) is 0 Å².